The molecule has 0 unspecified atom stereocenters. The van der Waals surface area contributed by atoms with E-state index in [1.165, 1.54) is 0 Å². The molecule has 0 bridgehead atoms. The molecule has 0 aliphatic carbocycles. The average Bonchev–Trinajstić information content (AvgIpc) is 3.07. The van der Waals surface area contributed by atoms with E-state index in [1.807, 2.05) is 79.7 Å². The molecule has 3 aromatic carbocycles. The number of aryl methyl sites for hydroxylation is 3. The second kappa shape index (κ2) is 11.4. The fourth-order valence-electron chi connectivity index (χ4n) is 5.38. The number of methoxy groups -OCH3 is 1. The number of carbonyl (C=O) groups excluding carboxylic acids is 1. The highest BCUT2D eigenvalue weighted by Gasteiger charge is 2.52. The maximum atomic E-state index is 13.8. The van der Waals surface area contributed by atoms with E-state index in [0.717, 1.165) is 11.1 Å². The van der Waals surface area contributed by atoms with Gasteiger partial charge in [0.2, 0.25) is 12.0 Å². The number of carboxylic acids is 1. The number of amides is 1. The molecule has 5 rings (SSSR count). The van der Waals surface area contributed by atoms with Crippen LogP contribution in [0.15, 0.2) is 78.9 Å². The summed E-state index contributed by atoms with van der Waals surface area (Å²) in [4.78, 5) is 37.3. The molecule has 0 radical (unpaired) electrons. The van der Waals surface area contributed by atoms with Gasteiger partial charge in [-0.25, -0.2) is 14.8 Å². The molecule has 0 saturated heterocycles. The van der Waals surface area contributed by atoms with E-state index >= 15 is 0 Å². The first-order valence-corrected chi connectivity index (χ1v) is 13.3. The molecule has 9 heteroatoms. The molecule has 9 nitrogen and oxygen atoms in total. The lowest BCUT2D eigenvalue weighted by Gasteiger charge is -2.39. The van der Waals surface area contributed by atoms with Gasteiger partial charge in [-0.15, -0.1) is 0 Å². The van der Waals surface area contributed by atoms with Crippen LogP contribution in [-0.4, -0.2) is 46.7 Å². The predicted octanol–water partition coefficient (Wildman–Crippen LogP) is 4.32. The first kappa shape index (κ1) is 27.8. The highest BCUT2D eigenvalue weighted by molar-refractivity contribution is 5.97. The number of aromatic nitrogens is 2. The zero-order valence-corrected chi connectivity index (χ0v) is 23.4. The summed E-state index contributed by atoms with van der Waals surface area (Å²) in [7, 11) is 1.60. The van der Waals surface area contributed by atoms with Crippen LogP contribution < -0.4 is 19.7 Å². The molecular weight excluding hydrogens is 520 g/mol. The lowest BCUT2D eigenvalue weighted by atomic mass is 9.76. The molecular formula is C32H32N4O5. The Morgan fingerprint density at radius 1 is 1.00 bits per heavy atom. The SMILES string of the molecule is COc1ccc(CN2C(=O)CN[C@](c3cccc(C)c3)([C@H](Oc3nc(C)cc(C)n3)C(=O)O)c3ccccc32)cc1. The third-order valence-electron chi connectivity index (χ3n) is 7.21. The predicted molar refractivity (Wildman–Crippen MR) is 154 cm³/mol. The molecule has 2 atom stereocenters. The second-order valence-electron chi connectivity index (χ2n) is 10.1. The van der Waals surface area contributed by atoms with Crippen molar-refractivity contribution in [1.29, 1.82) is 0 Å². The third kappa shape index (κ3) is 5.49. The molecule has 1 aromatic heterocycles. The summed E-state index contributed by atoms with van der Waals surface area (Å²) in [6, 6.07) is 24.1. The van der Waals surface area contributed by atoms with Gasteiger partial charge in [0.25, 0.3) is 0 Å². The Hall–Kier alpha value is -4.76. The number of rotatable bonds is 8. The van der Waals surface area contributed by atoms with Crippen LogP contribution in [0.5, 0.6) is 11.8 Å². The van der Waals surface area contributed by atoms with Gasteiger partial charge in [0.15, 0.2) is 0 Å². The fraction of sp³-hybridized carbons (Fsp3) is 0.250. The van der Waals surface area contributed by atoms with Crippen molar-refractivity contribution in [3.63, 3.8) is 0 Å². The highest BCUT2D eigenvalue weighted by Crippen LogP contribution is 2.42. The zero-order chi connectivity index (χ0) is 29.1. The summed E-state index contributed by atoms with van der Waals surface area (Å²) in [5.74, 6) is -0.728. The largest absolute Gasteiger partial charge is 0.497 e. The van der Waals surface area contributed by atoms with Crippen LogP contribution in [0.2, 0.25) is 0 Å². The molecule has 1 amide bonds. The fourth-order valence-corrected chi connectivity index (χ4v) is 5.38. The molecule has 1 aliphatic rings. The van der Waals surface area contributed by atoms with E-state index in [0.29, 0.717) is 34.0 Å². The Labute approximate surface area is 238 Å². The Bertz CT molecular complexity index is 1570. The van der Waals surface area contributed by atoms with Crippen LogP contribution in [0.1, 0.15) is 33.6 Å². The van der Waals surface area contributed by atoms with Crippen LogP contribution in [-0.2, 0) is 21.7 Å². The number of ether oxygens (including phenoxy) is 2. The maximum absolute atomic E-state index is 13.8. The van der Waals surface area contributed by atoms with E-state index in [-0.39, 0.29) is 25.0 Å². The summed E-state index contributed by atoms with van der Waals surface area (Å²) >= 11 is 0. The van der Waals surface area contributed by atoms with Crippen molar-refractivity contribution in [2.75, 3.05) is 18.6 Å². The number of benzene rings is 3. The zero-order valence-electron chi connectivity index (χ0n) is 23.4. The summed E-state index contributed by atoms with van der Waals surface area (Å²) in [6.07, 6.45) is -1.53. The molecule has 0 spiro atoms. The summed E-state index contributed by atoms with van der Waals surface area (Å²) < 4.78 is 11.5. The van der Waals surface area contributed by atoms with Gasteiger partial charge in [0.05, 0.1) is 20.2 Å². The third-order valence-corrected chi connectivity index (χ3v) is 7.21. The highest BCUT2D eigenvalue weighted by atomic mass is 16.5. The van der Waals surface area contributed by atoms with E-state index in [4.69, 9.17) is 9.47 Å². The van der Waals surface area contributed by atoms with Crippen molar-refractivity contribution >= 4 is 17.6 Å². The number of carbonyl (C=O) groups is 2. The van der Waals surface area contributed by atoms with E-state index in [2.05, 4.69) is 15.3 Å². The van der Waals surface area contributed by atoms with Crippen LogP contribution in [0.25, 0.3) is 0 Å². The molecule has 4 aromatic rings. The van der Waals surface area contributed by atoms with Gasteiger partial charge < -0.3 is 19.5 Å². The van der Waals surface area contributed by atoms with Crippen molar-refractivity contribution in [2.45, 2.75) is 39.0 Å². The van der Waals surface area contributed by atoms with Gasteiger partial charge in [0.1, 0.15) is 11.3 Å². The average molecular weight is 553 g/mol. The minimum atomic E-state index is -1.53. The number of hydrogen-bond acceptors (Lipinski definition) is 7. The summed E-state index contributed by atoms with van der Waals surface area (Å²) in [5, 5.41) is 14.1. The van der Waals surface area contributed by atoms with Crippen molar-refractivity contribution in [1.82, 2.24) is 15.3 Å². The van der Waals surface area contributed by atoms with Gasteiger partial charge in [0, 0.05) is 22.6 Å². The number of hydrogen-bond donors (Lipinski definition) is 2. The standard InChI is InChI=1S/C32H32N4O5/c1-20-8-7-9-24(16-20)32(29(30(38)39)41-31-34-21(2)17-22(3)35-31)26-10-5-6-11-27(26)36(28(37)18-33-32)19-23-12-14-25(40-4)15-13-23/h5-17,29,33H,18-19H2,1-4H3,(H,38,39)/t29-,32+/m1/s1. The number of aliphatic carboxylic acids is 1. The van der Waals surface area contributed by atoms with Crippen LogP contribution in [0.3, 0.4) is 0 Å². The molecule has 41 heavy (non-hydrogen) atoms. The summed E-state index contributed by atoms with van der Waals surface area (Å²) in [6.45, 7) is 5.67. The minimum Gasteiger partial charge on any atom is -0.497 e. The lowest BCUT2D eigenvalue weighted by molar-refractivity contribution is -0.149. The minimum absolute atomic E-state index is 0.0492. The smallest absolute Gasteiger partial charge is 0.347 e. The molecule has 2 heterocycles. The molecule has 0 saturated carbocycles. The van der Waals surface area contributed by atoms with Gasteiger partial charge in [-0.3, -0.25) is 10.1 Å². The molecule has 0 fully saturated rings. The number of para-hydroxylation sites is 1. The summed E-state index contributed by atoms with van der Waals surface area (Å²) in [5.41, 5.74) is 3.45. The molecule has 1 aliphatic heterocycles. The Balaban J connectivity index is 1.71. The molecule has 210 valence electrons. The monoisotopic (exact) mass is 552 g/mol. The van der Waals surface area contributed by atoms with E-state index < -0.39 is 17.6 Å². The number of nitrogens with zero attached hydrogens (tertiary/aromatic N) is 3. The number of anilines is 1. The lowest BCUT2D eigenvalue weighted by Crippen LogP contribution is -2.58. The van der Waals surface area contributed by atoms with Crippen molar-refractivity contribution in [3.8, 4) is 11.8 Å². The second-order valence-corrected chi connectivity index (χ2v) is 10.1. The van der Waals surface area contributed by atoms with Crippen molar-refractivity contribution in [2.24, 2.45) is 0 Å². The van der Waals surface area contributed by atoms with Gasteiger partial charge in [-0.2, -0.15) is 0 Å². The van der Waals surface area contributed by atoms with E-state index in [9.17, 15) is 14.7 Å². The number of nitrogens with one attached hydrogen (secondary N) is 1. The topological polar surface area (TPSA) is 114 Å². The molecule has 2 N–H and O–H groups in total. The normalized spacial score (nSPS) is 17.4. The van der Waals surface area contributed by atoms with Crippen LogP contribution in [0, 0.1) is 20.8 Å². The number of carboxylic acid groups (broad SMARTS) is 1. The Morgan fingerprint density at radius 2 is 1.71 bits per heavy atom. The maximum Gasteiger partial charge on any atom is 0.347 e. The first-order valence-electron chi connectivity index (χ1n) is 13.3. The van der Waals surface area contributed by atoms with Crippen molar-refractivity contribution < 1.29 is 24.2 Å². The van der Waals surface area contributed by atoms with Gasteiger partial charge in [-0.1, -0.05) is 60.2 Å². The van der Waals surface area contributed by atoms with Gasteiger partial charge >= 0.3 is 12.0 Å². The first-order chi connectivity index (χ1) is 19.7. The van der Waals surface area contributed by atoms with Gasteiger partial charge in [-0.05, 0) is 56.2 Å². The Morgan fingerprint density at radius 3 is 2.37 bits per heavy atom. The van der Waals surface area contributed by atoms with Crippen LogP contribution >= 0.6 is 0 Å². The number of fused-ring (bicyclic) bond motifs is 1. The van der Waals surface area contributed by atoms with E-state index in [1.54, 1.807) is 31.9 Å². The van der Waals surface area contributed by atoms with Crippen LogP contribution in [0.4, 0.5) is 5.69 Å². The quantitative estimate of drug-likeness (QED) is 0.332. The Kier molecular flexibility index (Phi) is 7.72. The van der Waals surface area contributed by atoms with Crippen molar-refractivity contribution in [3.05, 3.63) is 113 Å².